The molecule has 1 fully saturated rings. The number of nitrogens with zero attached hydrogens (tertiary/aromatic N) is 2. The minimum Gasteiger partial charge on any atom is -0.406 e. The second-order valence-corrected chi connectivity index (χ2v) is 7.87. The molecule has 1 saturated heterocycles. The third-order valence-electron chi connectivity index (χ3n) is 5.22. The first-order valence-corrected chi connectivity index (χ1v) is 9.55. The zero-order valence-electron chi connectivity index (χ0n) is 16.1. The van der Waals surface area contributed by atoms with Crippen molar-refractivity contribution in [3.63, 3.8) is 0 Å². The zero-order valence-corrected chi connectivity index (χ0v) is 16.1. The summed E-state index contributed by atoms with van der Waals surface area (Å²) in [5.74, 6) is 0.420. The summed E-state index contributed by atoms with van der Waals surface area (Å²) in [5, 5.41) is 4.17. The van der Waals surface area contributed by atoms with Gasteiger partial charge in [0, 0.05) is 38.8 Å². The molecule has 2 aliphatic heterocycles. The molecule has 1 spiro atoms. The lowest BCUT2D eigenvalue weighted by Crippen LogP contribution is -2.46. The van der Waals surface area contributed by atoms with Crippen LogP contribution in [0.2, 0.25) is 0 Å². The fourth-order valence-electron chi connectivity index (χ4n) is 3.53. The normalized spacial score (nSPS) is 18.9. The Morgan fingerprint density at radius 1 is 1.25 bits per heavy atom. The van der Waals surface area contributed by atoms with Gasteiger partial charge in [-0.15, -0.1) is 13.2 Å². The van der Waals surface area contributed by atoms with Crippen LogP contribution in [0.1, 0.15) is 51.5 Å². The number of halogens is 3. The number of likely N-dealkylation sites (tertiary alicyclic amines) is 1. The Bertz CT molecular complexity index is 721. The molecule has 0 aliphatic carbocycles. The van der Waals surface area contributed by atoms with Crippen LogP contribution in [-0.2, 0) is 9.63 Å². The quantitative estimate of drug-likeness (QED) is 0.734. The molecule has 0 bridgehead atoms. The number of hydrogen-bond acceptors (Lipinski definition) is 4. The van der Waals surface area contributed by atoms with E-state index in [9.17, 15) is 18.0 Å². The highest BCUT2D eigenvalue weighted by Crippen LogP contribution is 2.36. The maximum Gasteiger partial charge on any atom is 0.573 e. The molecular formula is C20H25F3N2O3. The van der Waals surface area contributed by atoms with E-state index in [1.807, 2.05) is 4.90 Å². The molecule has 0 aromatic heterocycles. The van der Waals surface area contributed by atoms with Gasteiger partial charge in [-0.2, -0.15) is 0 Å². The molecule has 0 saturated carbocycles. The van der Waals surface area contributed by atoms with Crippen LogP contribution in [0.5, 0.6) is 5.75 Å². The summed E-state index contributed by atoms with van der Waals surface area (Å²) in [6.07, 6.45) is -1.27. The number of carbonyl (C=O) groups is 1. The van der Waals surface area contributed by atoms with Crippen LogP contribution < -0.4 is 4.74 Å². The van der Waals surface area contributed by atoms with Crippen LogP contribution in [0.15, 0.2) is 29.4 Å². The average molecular weight is 398 g/mol. The van der Waals surface area contributed by atoms with Crippen LogP contribution in [0.4, 0.5) is 13.2 Å². The third kappa shape index (κ3) is 5.17. The van der Waals surface area contributed by atoms with Crippen molar-refractivity contribution in [2.75, 3.05) is 13.1 Å². The minimum atomic E-state index is -4.71. The Labute approximate surface area is 162 Å². The fraction of sp³-hybridized carbons (Fsp3) is 0.600. The highest BCUT2D eigenvalue weighted by atomic mass is 19.4. The predicted octanol–water partition coefficient (Wildman–Crippen LogP) is 4.51. The number of alkyl halides is 3. The van der Waals surface area contributed by atoms with Gasteiger partial charge < -0.3 is 14.5 Å². The van der Waals surface area contributed by atoms with Gasteiger partial charge in [0.25, 0.3) is 0 Å². The Morgan fingerprint density at radius 2 is 1.89 bits per heavy atom. The van der Waals surface area contributed by atoms with Crippen molar-refractivity contribution >= 4 is 11.6 Å². The largest absolute Gasteiger partial charge is 0.573 e. The van der Waals surface area contributed by atoms with Gasteiger partial charge in [0.05, 0.1) is 5.71 Å². The van der Waals surface area contributed by atoms with Crippen molar-refractivity contribution in [1.82, 2.24) is 4.90 Å². The van der Waals surface area contributed by atoms with E-state index in [0.29, 0.717) is 56.0 Å². The molecule has 2 aliphatic rings. The van der Waals surface area contributed by atoms with Gasteiger partial charge in [-0.3, -0.25) is 4.79 Å². The average Bonchev–Trinajstić information content (AvgIpc) is 3.03. The summed E-state index contributed by atoms with van der Waals surface area (Å²) >= 11 is 0. The molecule has 1 aromatic carbocycles. The summed E-state index contributed by atoms with van der Waals surface area (Å²) in [4.78, 5) is 19.9. The predicted molar refractivity (Wildman–Crippen MR) is 98.0 cm³/mol. The maximum absolute atomic E-state index is 12.3. The van der Waals surface area contributed by atoms with Crippen molar-refractivity contribution in [2.24, 2.45) is 11.1 Å². The molecular weight excluding hydrogens is 373 g/mol. The van der Waals surface area contributed by atoms with Crippen molar-refractivity contribution in [3.05, 3.63) is 29.8 Å². The highest BCUT2D eigenvalue weighted by molar-refractivity contribution is 6.01. The SMILES string of the molecule is CC(C)CCC(=O)N1CCC2(CC1)CC(c1ccc(OC(F)(F)F)cc1)=NO2. The first-order valence-electron chi connectivity index (χ1n) is 9.55. The van der Waals surface area contributed by atoms with E-state index >= 15 is 0 Å². The Balaban J connectivity index is 1.53. The van der Waals surface area contributed by atoms with Gasteiger partial charge in [-0.1, -0.05) is 19.0 Å². The van der Waals surface area contributed by atoms with E-state index in [-0.39, 0.29) is 11.7 Å². The van der Waals surface area contributed by atoms with Gasteiger partial charge in [0.1, 0.15) is 11.4 Å². The molecule has 0 N–H and O–H groups in total. The Kier molecular flexibility index (Phi) is 5.86. The molecule has 2 heterocycles. The molecule has 8 heteroatoms. The number of amides is 1. The van der Waals surface area contributed by atoms with Crippen molar-refractivity contribution in [2.45, 2.75) is 57.9 Å². The number of hydrogen-bond donors (Lipinski definition) is 0. The molecule has 0 unspecified atom stereocenters. The first kappa shape index (κ1) is 20.5. The number of benzene rings is 1. The Morgan fingerprint density at radius 3 is 2.46 bits per heavy atom. The molecule has 1 aromatic rings. The number of carbonyl (C=O) groups excluding carboxylic acids is 1. The summed E-state index contributed by atoms with van der Waals surface area (Å²) in [7, 11) is 0. The molecule has 0 radical (unpaired) electrons. The van der Waals surface area contributed by atoms with E-state index in [0.717, 1.165) is 6.42 Å². The Hall–Kier alpha value is -2.25. The molecule has 0 atom stereocenters. The van der Waals surface area contributed by atoms with Crippen LogP contribution in [0.25, 0.3) is 0 Å². The van der Waals surface area contributed by atoms with Gasteiger partial charge in [-0.25, -0.2) is 0 Å². The number of ether oxygens (including phenoxy) is 1. The van der Waals surface area contributed by atoms with Gasteiger partial charge in [-0.05, 0) is 42.2 Å². The summed E-state index contributed by atoms with van der Waals surface area (Å²) < 4.78 is 40.7. The second-order valence-electron chi connectivity index (χ2n) is 7.87. The third-order valence-corrected chi connectivity index (χ3v) is 5.22. The minimum absolute atomic E-state index is 0.183. The first-order chi connectivity index (χ1) is 13.2. The summed E-state index contributed by atoms with van der Waals surface area (Å²) in [5.41, 5.74) is 0.991. The van der Waals surface area contributed by atoms with E-state index in [2.05, 4.69) is 23.7 Å². The van der Waals surface area contributed by atoms with Crippen molar-refractivity contribution in [1.29, 1.82) is 0 Å². The molecule has 154 valence electrons. The van der Waals surface area contributed by atoms with Gasteiger partial charge >= 0.3 is 6.36 Å². The summed E-state index contributed by atoms with van der Waals surface area (Å²) in [6.45, 7) is 5.48. The van der Waals surface area contributed by atoms with E-state index < -0.39 is 12.0 Å². The van der Waals surface area contributed by atoms with Crippen LogP contribution >= 0.6 is 0 Å². The number of piperidine rings is 1. The standard InChI is InChI=1S/C20H25F3N2O3/c1-14(2)3-8-18(26)25-11-9-19(10-12-25)13-17(24-28-19)15-4-6-16(7-5-15)27-20(21,22)23/h4-7,14H,3,8-13H2,1-2H3. The van der Waals surface area contributed by atoms with Gasteiger partial charge in [0.15, 0.2) is 0 Å². The van der Waals surface area contributed by atoms with Gasteiger partial charge in [0.2, 0.25) is 5.91 Å². The van der Waals surface area contributed by atoms with E-state index in [1.54, 1.807) is 12.1 Å². The smallest absolute Gasteiger partial charge is 0.406 e. The second kappa shape index (κ2) is 8.01. The lowest BCUT2D eigenvalue weighted by molar-refractivity contribution is -0.274. The van der Waals surface area contributed by atoms with Crippen LogP contribution in [0.3, 0.4) is 0 Å². The van der Waals surface area contributed by atoms with E-state index in [1.165, 1.54) is 12.1 Å². The molecule has 1 amide bonds. The van der Waals surface area contributed by atoms with Crippen LogP contribution in [-0.4, -0.2) is 41.6 Å². The fourth-order valence-corrected chi connectivity index (χ4v) is 3.53. The molecule has 28 heavy (non-hydrogen) atoms. The summed E-state index contributed by atoms with van der Waals surface area (Å²) in [6, 6.07) is 5.64. The lowest BCUT2D eigenvalue weighted by atomic mass is 9.85. The van der Waals surface area contributed by atoms with E-state index in [4.69, 9.17) is 4.84 Å². The number of oxime groups is 1. The number of rotatable bonds is 5. The zero-order chi connectivity index (χ0) is 20.4. The monoisotopic (exact) mass is 398 g/mol. The van der Waals surface area contributed by atoms with Crippen molar-refractivity contribution < 1.29 is 27.5 Å². The topological polar surface area (TPSA) is 51.1 Å². The lowest BCUT2D eigenvalue weighted by Gasteiger charge is -2.37. The van der Waals surface area contributed by atoms with Crippen LogP contribution in [0, 0.1) is 5.92 Å². The molecule has 3 rings (SSSR count). The highest BCUT2D eigenvalue weighted by Gasteiger charge is 2.43. The molecule has 5 nitrogen and oxygen atoms in total. The van der Waals surface area contributed by atoms with Crippen molar-refractivity contribution in [3.8, 4) is 5.75 Å². The maximum atomic E-state index is 12.3.